The van der Waals surface area contributed by atoms with Crippen LogP contribution in [-0.2, 0) is 0 Å². The Morgan fingerprint density at radius 2 is 2.33 bits per heavy atom. The van der Waals surface area contributed by atoms with Crippen LogP contribution < -0.4 is 15.4 Å². The first-order chi connectivity index (χ1) is 7.20. The highest BCUT2D eigenvalue weighted by Gasteiger charge is 2.14. The molecule has 4 heteroatoms. The van der Waals surface area contributed by atoms with E-state index in [1.807, 2.05) is 19.2 Å². The summed E-state index contributed by atoms with van der Waals surface area (Å²) in [5.74, 6) is 1.66. The van der Waals surface area contributed by atoms with Gasteiger partial charge in [-0.05, 0) is 32.0 Å². The molecule has 1 unspecified atom stereocenters. The number of hydrogen-bond donors (Lipinski definition) is 1. The first-order valence-electron chi connectivity index (χ1n) is 5.12. The molecule has 2 N–H and O–H groups in total. The minimum Gasteiger partial charge on any atom is -0.493 e. The largest absolute Gasteiger partial charge is 0.493 e. The highest BCUT2D eigenvalue weighted by atomic mass is 16.5. The summed E-state index contributed by atoms with van der Waals surface area (Å²) in [5.41, 5.74) is 5.54. The molecule has 0 saturated heterocycles. The maximum absolute atomic E-state index is 5.54. The molecule has 0 amide bonds. The fraction of sp³-hybridized carbons (Fsp3) is 0.545. The van der Waals surface area contributed by atoms with Crippen molar-refractivity contribution in [2.24, 2.45) is 5.73 Å². The summed E-state index contributed by atoms with van der Waals surface area (Å²) in [5, 5.41) is 0. The summed E-state index contributed by atoms with van der Waals surface area (Å²) in [4.78, 5) is 6.40. The SMILES string of the molecule is COc1cccnc1N(C)C(C)CCN. The van der Waals surface area contributed by atoms with Gasteiger partial charge in [-0.3, -0.25) is 0 Å². The third-order valence-electron chi connectivity index (χ3n) is 2.55. The fourth-order valence-electron chi connectivity index (χ4n) is 1.45. The lowest BCUT2D eigenvalue weighted by Gasteiger charge is -2.26. The molecule has 1 aromatic heterocycles. The van der Waals surface area contributed by atoms with Crippen LogP contribution in [0.1, 0.15) is 13.3 Å². The first-order valence-corrected chi connectivity index (χ1v) is 5.12. The lowest BCUT2D eigenvalue weighted by Crippen LogP contribution is -2.31. The quantitative estimate of drug-likeness (QED) is 0.793. The number of rotatable bonds is 5. The molecule has 1 heterocycles. The molecule has 0 aliphatic heterocycles. The van der Waals surface area contributed by atoms with E-state index in [0.29, 0.717) is 12.6 Å². The van der Waals surface area contributed by atoms with Crippen LogP contribution in [0.2, 0.25) is 0 Å². The van der Waals surface area contributed by atoms with E-state index in [0.717, 1.165) is 18.0 Å². The minimum atomic E-state index is 0.360. The van der Waals surface area contributed by atoms with Gasteiger partial charge in [-0.15, -0.1) is 0 Å². The van der Waals surface area contributed by atoms with Gasteiger partial charge in [-0.25, -0.2) is 4.98 Å². The van der Waals surface area contributed by atoms with Gasteiger partial charge in [0, 0.05) is 19.3 Å². The van der Waals surface area contributed by atoms with Gasteiger partial charge in [-0.2, -0.15) is 0 Å². The van der Waals surface area contributed by atoms with Crippen LogP contribution >= 0.6 is 0 Å². The highest BCUT2D eigenvalue weighted by molar-refractivity contribution is 5.51. The van der Waals surface area contributed by atoms with Crippen molar-refractivity contribution in [3.05, 3.63) is 18.3 Å². The van der Waals surface area contributed by atoms with Crippen molar-refractivity contribution in [3.63, 3.8) is 0 Å². The van der Waals surface area contributed by atoms with Crippen LogP contribution in [0.5, 0.6) is 5.75 Å². The van der Waals surface area contributed by atoms with Gasteiger partial charge in [0.25, 0.3) is 0 Å². The van der Waals surface area contributed by atoms with E-state index in [-0.39, 0.29) is 0 Å². The Balaban J connectivity index is 2.84. The molecule has 1 rings (SSSR count). The molecule has 0 saturated carbocycles. The maximum Gasteiger partial charge on any atom is 0.171 e. The molecular weight excluding hydrogens is 190 g/mol. The molecule has 1 atom stereocenters. The second kappa shape index (κ2) is 5.56. The number of nitrogens with two attached hydrogens (primary N) is 1. The van der Waals surface area contributed by atoms with Crippen LogP contribution in [0.3, 0.4) is 0 Å². The maximum atomic E-state index is 5.54. The van der Waals surface area contributed by atoms with Gasteiger partial charge in [-0.1, -0.05) is 0 Å². The van der Waals surface area contributed by atoms with Crippen molar-refractivity contribution < 1.29 is 4.74 Å². The first kappa shape index (κ1) is 11.8. The van der Waals surface area contributed by atoms with Crippen molar-refractivity contribution in [1.82, 2.24) is 4.98 Å². The number of aromatic nitrogens is 1. The zero-order valence-electron chi connectivity index (χ0n) is 9.60. The van der Waals surface area contributed by atoms with E-state index >= 15 is 0 Å². The second-order valence-electron chi connectivity index (χ2n) is 3.57. The average Bonchev–Trinajstić information content (AvgIpc) is 2.28. The monoisotopic (exact) mass is 209 g/mol. The summed E-state index contributed by atoms with van der Waals surface area (Å²) in [7, 11) is 3.66. The van der Waals surface area contributed by atoms with Gasteiger partial charge < -0.3 is 15.4 Å². The molecule has 15 heavy (non-hydrogen) atoms. The smallest absolute Gasteiger partial charge is 0.171 e. The Kier molecular flexibility index (Phi) is 4.37. The standard InChI is InChI=1S/C11H19N3O/c1-9(6-7-12)14(2)11-10(15-3)5-4-8-13-11/h4-5,8-9H,6-7,12H2,1-3H3. The highest BCUT2D eigenvalue weighted by Crippen LogP contribution is 2.25. The molecule has 0 spiro atoms. The van der Waals surface area contributed by atoms with Crippen LogP contribution in [0.4, 0.5) is 5.82 Å². The van der Waals surface area contributed by atoms with E-state index in [9.17, 15) is 0 Å². The lowest BCUT2D eigenvalue weighted by atomic mass is 10.2. The Morgan fingerprint density at radius 1 is 1.60 bits per heavy atom. The lowest BCUT2D eigenvalue weighted by molar-refractivity contribution is 0.411. The van der Waals surface area contributed by atoms with Crippen molar-refractivity contribution in [1.29, 1.82) is 0 Å². The Hall–Kier alpha value is -1.29. The number of nitrogens with zero attached hydrogens (tertiary/aromatic N) is 2. The van der Waals surface area contributed by atoms with Gasteiger partial charge in [0.1, 0.15) is 0 Å². The van der Waals surface area contributed by atoms with Crippen molar-refractivity contribution >= 4 is 5.82 Å². The van der Waals surface area contributed by atoms with Crippen molar-refractivity contribution in [2.45, 2.75) is 19.4 Å². The topological polar surface area (TPSA) is 51.4 Å². The number of pyridine rings is 1. The number of ether oxygens (including phenoxy) is 1. The number of hydrogen-bond acceptors (Lipinski definition) is 4. The molecule has 0 fully saturated rings. The molecule has 84 valence electrons. The summed E-state index contributed by atoms with van der Waals surface area (Å²) in [6.45, 7) is 2.81. The molecule has 0 radical (unpaired) electrons. The van der Waals surface area contributed by atoms with Crippen LogP contribution in [0.15, 0.2) is 18.3 Å². The van der Waals surface area contributed by atoms with Crippen molar-refractivity contribution in [2.75, 3.05) is 25.6 Å². The molecule has 0 bridgehead atoms. The summed E-state index contributed by atoms with van der Waals surface area (Å²) >= 11 is 0. The molecule has 4 nitrogen and oxygen atoms in total. The Labute approximate surface area is 91.1 Å². The Morgan fingerprint density at radius 3 is 2.93 bits per heavy atom. The van der Waals surface area contributed by atoms with Gasteiger partial charge in [0.05, 0.1) is 7.11 Å². The molecule has 0 aliphatic carbocycles. The molecular formula is C11H19N3O. The van der Waals surface area contributed by atoms with Gasteiger partial charge in [0.2, 0.25) is 0 Å². The van der Waals surface area contributed by atoms with E-state index in [1.165, 1.54) is 0 Å². The zero-order chi connectivity index (χ0) is 11.3. The summed E-state index contributed by atoms with van der Waals surface area (Å²) in [6.07, 6.45) is 2.71. The Bertz CT molecular complexity index is 304. The zero-order valence-corrected chi connectivity index (χ0v) is 9.60. The normalized spacial score (nSPS) is 12.3. The predicted octanol–water partition coefficient (Wildman–Crippen LogP) is 1.26. The fourth-order valence-corrected chi connectivity index (χ4v) is 1.45. The molecule has 1 aromatic rings. The van der Waals surface area contributed by atoms with Crippen LogP contribution in [-0.4, -0.2) is 31.7 Å². The van der Waals surface area contributed by atoms with Gasteiger partial charge >= 0.3 is 0 Å². The van der Waals surface area contributed by atoms with Crippen LogP contribution in [0.25, 0.3) is 0 Å². The summed E-state index contributed by atoms with van der Waals surface area (Å²) in [6, 6.07) is 4.14. The molecule has 0 aromatic carbocycles. The minimum absolute atomic E-state index is 0.360. The van der Waals surface area contributed by atoms with E-state index in [2.05, 4.69) is 16.8 Å². The van der Waals surface area contributed by atoms with E-state index < -0.39 is 0 Å². The van der Waals surface area contributed by atoms with E-state index in [4.69, 9.17) is 10.5 Å². The number of methoxy groups -OCH3 is 1. The van der Waals surface area contributed by atoms with E-state index in [1.54, 1.807) is 13.3 Å². The van der Waals surface area contributed by atoms with Crippen molar-refractivity contribution in [3.8, 4) is 5.75 Å². The summed E-state index contributed by atoms with van der Waals surface area (Å²) < 4.78 is 5.26. The average molecular weight is 209 g/mol. The second-order valence-corrected chi connectivity index (χ2v) is 3.57. The third-order valence-corrected chi connectivity index (χ3v) is 2.55. The van der Waals surface area contributed by atoms with Gasteiger partial charge in [0.15, 0.2) is 11.6 Å². The van der Waals surface area contributed by atoms with Crippen LogP contribution in [0, 0.1) is 0 Å². The number of anilines is 1. The third kappa shape index (κ3) is 2.83. The molecule has 0 aliphatic rings. The predicted molar refractivity (Wildman–Crippen MR) is 62.3 cm³/mol.